The van der Waals surface area contributed by atoms with Gasteiger partial charge in [-0.25, -0.2) is 0 Å². The van der Waals surface area contributed by atoms with Crippen LogP contribution < -0.4 is 0 Å². The highest BCUT2D eigenvalue weighted by atomic mass is 14.1. The predicted octanol–water partition coefficient (Wildman–Crippen LogP) is 4.81. The van der Waals surface area contributed by atoms with Gasteiger partial charge in [0.2, 0.25) is 0 Å². The Balaban J connectivity index is 2.19. The second-order valence-corrected chi connectivity index (χ2v) is 4.77. The van der Waals surface area contributed by atoms with Gasteiger partial charge < -0.3 is 0 Å². The second kappa shape index (κ2) is 5.68. The van der Waals surface area contributed by atoms with Crippen LogP contribution in [0.25, 0.3) is 5.57 Å². The van der Waals surface area contributed by atoms with Crippen LogP contribution in [0.1, 0.15) is 29.2 Å². The third-order valence-electron chi connectivity index (χ3n) is 3.34. The van der Waals surface area contributed by atoms with E-state index in [1.54, 1.807) is 0 Å². The molecule has 0 radical (unpaired) electrons. The van der Waals surface area contributed by atoms with E-state index < -0.39 is 0 Å². The quantitative estimate of drug-likeness (QED) is 0.714. The van der Waals surface area contributed by atoms with Crippen molar-refractivity contribution >= 4 is 5.57 Å². The van der Waals surface area contributed by atoms with E-state index in [0.29, 0.717) is 0 Å². The molecule has 2 aromatic rings. The minimum Gasteiger partial charge on any atom is -0.0949 e. The summed E-state index contributed by atoms with van der Waals surface area (Å²) in [6.45, 7) is 8.57. The fourth-order valence-corrected chi connectivity index (χ4v) is 2.27. The van der Waals surface area contributed by atoms with E-state index in [-0.39, 0.29) is 0 Å². The molecule has 0 bridgehead atoms. The first-order valence-electron chi connectivity index (χ1n) is 6.52. The Kier molecular flexibility index (Phi) is 3.99. The topological polar surface area (TPSA) is 0 Å². The number of hydrogen-bond donors (Lipinski definition) is 0. The van der Waals surface area contributed by atoms with Crippen LogP contribution in [0.5, 0.6) is 0 Å². The molecule has 0 atom stereocenters. The zero-order valence-electron chi connectivity index (χ0n) is 11.2. The van der Waals surface area contributed by atoms with Gasteiger partial charge in [0.15, 0.2) is 0 Å². The normalized spacial score (nSPS) is 10.3. The van der Waals surface area contributed by atoms with Crippen molar-refractivity contribution in [2.45, 2.75) is 26.7 Å². The van der Waals surface area contributed by atoms with Gasteiger partial charge in [-0.2, -0.15) is 0 Å². The van der Waals surface area contributed by atoms with Crippen LogP contribution in [0.2, 0.25) is 0 Å². The molecule has 2 aromatic carbocycles. The van der Waals surface area contributed by atoms with Crippen molar-refractivity contribution < 1.29 is 0 Å². The van der Waals surface area contributed by atoms with Crippen LogP contribution in [-0.4, -0.2) is 0 Å². The lowest BCUT2D eigenvalue weighted by atomic mass is 9.95. The average molecular weight is 236 g/mol. The molecule has 0 spiro atoms. The lowest BCUT2D eigenvalue weighted by molar-refractivity contribution is 1.12. The van der Waals surface area contributed by atoms with Crippen molar-refractivity contribution in [2.24, 2.45) is 0 Å². The number of rotatable bonds is 4. The highest BCUT2D eigenvalue weighted by Crippen LogP contribution is 2.21. The molecule has 0 heterocycles. The second-order valence-electron chi connectivity index (χ2n) is 4.77. The van der Waals surface area contributed by atoms with Crippen molar-refractivity contribution in [3.8, 4) is 0 Å². The summed E-state index contributed by atoms with van der Waals surface area (Å²) in [6, 6.07) is 17.2. The van der Waals surface area contributed by atoms with Crippen molar-refractivity contribution in [3.05, 3.63) is 77.4 Å². The van der Waals surface area contributed by atoms with Crippen LogP contribution in [0.4, 0.5) is 0 Å². The summed E-state index contributed by atoms with van der Waals surface area (Å²) in [4.78, 5) is 0. The van der Waals surface area contributed by atoms with Crippen LogP contribution in [0.3, 0.4) is 0 Å². The summed E-state index contributed by atoms with van der Waals surface area (Å²) in [5, 5.41) is 0. The first-order valence-corrected chi connectivity index (χ1v) is 6.52. The van der Waals surface area contributed by atoms with E-state index in [9.17, 15) is 0 Å². The molecule has 2 rings (SSSR count). The maximum Gasteiger partial charge on any atom is -0.00255 e. The Labute approximate surface area is 110 Å². The van der Waals surface area contributed by atoms with Crippen molar-refractivity contribution in [1.82, 2.24) is 0 Å². The molecule has 0 heteroatoms. The first-order chi connectivity index (χ1) is 8.70. The third-order valence-corrected chi connectivity index (χ3v) is 3.34. The molecule has 0 nitrogen and oxygen atoms in total. The minimum absolute atomic E-state index is 0.929. The van der Waals surface area contributed by atoms with Gasteiger partial charge in [0.05, 0.1) is 0 Å². The monoisotopic (exact) mass is 236 g/mol. The van der Waals surface area contributed by atoms with E-state index in [1.807, 2.05) is 0 Å². The van der Waals surface area contributed by atoms with Crippen LogP contribution in [0.15, 0.2) is 55.1 Å². The largest absolute Gasteiger partial charge is 0.0949 e. The Morgan fingerprint density at radius 3 is 2.44 bits per heavy atom. The molecule has 0 aliphatic heterocycles. The van der Waals surface area contributed by atoms with Gasteiger partial charge in [0.1, 0.15) is 0 Å². The zero-order valence-corrected chi connectivity index (χ0v) is 11.2. The summed E-state index contributed by atoms with van der Waals surface area (Å²) in [7, 11) is 0. The fraction of sp³-hybridized carbons (Fsp3) is 0.222. The third kappa shape index (κ3) is 2.89. The van der Waals surface area contributed by atoms with Crippen molar-refractivity contribution in [3.63, 3.8) is 0 Å². The molecule has 0 saturated heterocycles. The van der Waals surface area contributed by atoms with Crippen LogP contribution in [0, 0.1) is 6.92 Å². The van der Waals surface area contributed by atoms with Gasteiger partial charge in [-0.05, 0) is 47.6 Å². The highest BCUT2D eigenvalue weighted by Gasteiger charge is 2.03. The number of aryl methyl sites for hydroxylation is 2. The average Bonchev–Trinajstić information content (AvgIpc) is 2.39. The molecular formula is C18H20. The summed E-state index contributed by atoms with van der Waals surface area (Å²) in [5.74, 6) is 0. The smallest absolute Gasteiger partial charge is 0.00255 e. The lowest BCUT2D eigenvalue weighted by Crippen LogP contribution is -1.93. The maximum absolute atomic E-state index is 4.24. The molecule has 0 unspecified atom stereocenters. The van der Waals surface area contributed by atoms with Crippen LogP contribution >= 0.6 is 0 Å². The molecular weight excluding hydrogens is 216 g/mol. The summed E-state index contributed by atoms with van der Waals surface area (Å²) >= 11 is 0. The van der Waals surface area contributed by atoms with Crippen molar-refractivity contribution in [2.75, 3.05) is 0 Å². The summed E-state index contributed by atoms with van der Waals surface area (Å²) in [6.07, 6.45) is 2.02. The lowest BCUT2D eigenvalue weighted by Gasteiger charge is -2.10. The number of allylic oxidation sites excluding steroid dienone is 1. The van der Waals surface area contributed by atoms with Gasteiger partial charge in [0.25, 0.3) is 0 Å². The van der Waals surface area contributed by atoms with Gasteiger partial charge in [0, 0.05) is 0 Å². The summed E-state index contributed by atoms with van der Waals surface area (Å²) in [5.41, 5.74) is 6.52. The Morgan fingerprint density at radius 1 is 1.00 bits per heavy atom. The van der Waals surface area contributed by atoms with E-state index in [4.69, 9.17) is 0 Å². The van der Waals surface area contributed by atoms with Crippen molar-refractivity contribution in [1.29, 1.82) is 0 Å². The van der Waals surface area contributed by atoms with Gasteiger partial charge >= 0.3 is 0 Å². The Hall–Kier alpha value is -1.82. The predicted molar refractivity (Wildman–Crippen MR) is 79.7 cm³/mol. The molecule has 0 aliphatic rings. The highest BCUT2D eigenvalue weighted by molar-refractivity contribution is 5.68. The minimum atomic E-state index is 0.929. The van der Waals surface area contributed by atoms with E-state index in [1.165, 1.54) is 27.8 Å². The van der Waals surface area contributed by atoms with E-state index >= 15 is 0 Å². The SMILES string of the molecule is C=C(Cc1cccc(CC)c1)c1ccccc1C. The van der Waals surface area contributed by atoms with E-state index in [0.717, 1.165) is 12.8 Å². The Bertz CT molecular complexity index is 549. The molecule has 0 aliphatic carbocycles. The molecule has 0 aromatic heterocycles. The molecule has 18 heavy (non-hydrogen) atoms. The standard InChI is InChI=1S/C18H20/c1-4-16-9-7-10-17(13-16)12-15(3)18-11-6-5-8-14(18)2/h5-11,13H,3-4,12H2,1-2H3. The number of hydrogen-bond acceptors (Lipinski definition) is 0. The van der Waals surface area contributed by atoms with Gasteiger partial charge in [-0.1, -0.05) is 62.0 Å². The number of benzene rings is 2. The molecule has 92 valence electrons. The Morgan fingerprint density at radius 2 is 1.72 bits per heavy atom. The fourth-order valence-electron chi connectivity index (χ4n) is 2.27. The maximum atomic E-state index is 4.24. The molecule has 0 amide bonds. The van der Waals surface area contributed by atoms with Gasteiger partial charge in [-0.3, -0.25) is 0 Å². The zero-order chi connectivity index (χ0) is 13.0. The molecule has 0 saturated carbocycles. The van der Waals surface area contributed by atoms with E-state index in [2.05, 4.69) is 69.0 Å². The molecule has 0 N–H and O–H groups in total. The first kappa shape index (κ1) is 12.6. The van der Waals surface area contributed by atoms with Gasteiger partial charge in [-0.15, -0.1) is 0 Å². The molecule has 0 fully saturated rings. The summed E-state index contributed by atoms with van der Waals surface area (Å²) < 4.78 is 0. The van der Waals surface area contributed by atoms with Crippen LogP contribution in [-0.2, 0) is 12.8 Å².